The molecule has 2 rings (SSSR count). The lowest BCUT2D eigenvalue weighted by Gasteiger charge is -2.08. The fraction of sp³-hybridized carbons (Fsp3) is 0.133. The number of benzene rings is 1. The van der Waals surface area contributed by atoms with Crippen molar-refractivity contribution in [2.75, 3.05) is 13.2 Å². The second-order valence-electron chi connectivity index (χ2n) is 4.44. The highest BCUT2D eigenvalue weighted by Crippen LogP contribution is 2.13. The Morgan fingerprint density at radius 3 is 2.52 bits per heavy atom. The van der Waals surface area contributed by atoms with E-state index < -0.39 is 11.8 Å². The highest BCUT2D eigenvalue weighted by Gasteiger charge is 2.11. The summed E-state index contributed by atoms with van der Waals surface area (Å²) < 4.78 is 5.40. The first-order chi connectivity index (χ1) is 11.1. The van der Waals surface area contributed by atoms with Gasteiger partial charge in [-0.3, -0.25) is 14.8 Å². The molecule has 23 heavy (non-hydrogen) atoms. The van der Waals surface area contributed by atoms with Crippen molar-refractivity contribution >= 4 is 11.8 Å². The summed E-state index contributed by atoms with van der Waals surface area (Å²) in [6.45, 7) is 0.415. The highest BCUT2D eigenvalue weighted by atomic mass is 16.5. The van der Waals surface area contributed by atoms with Crippen LogP contribution in [0.5, 0.6) is 11.5 Å². The molecule has 0 fully saturated rings. The van der Waals surface area contributed by atoms with Crippen LogP contribution in [0.15, 0.2) is 42.6 Å². The zero-order chi connectivity index (χ0) is 16.7. The summed E-state index contributed by atoms with van der Waals surface area (Å²) in [7, 11) is 0. The van der Waals surface area contributed by atoms with E-state index in [1.807, 2.05) is 0 Å². The molecule has 1 aromatic heterocycles. The first kappa shape index (κ1) is 16.2. The van der Waals surface area contributed by atoms with E-state index in [1.165, 1.54) is 35.9 Å². The number of hydrogen-bond acceptors (Lipinski definition) is 6. The van der Waals surface area contributed by atoms with Gasteiger partial charge in [-0.25, -0.2) is 10.5 Å². The largest absolute Gasteiger partial charge is 0.505 e. The minimum Gasteiger partial charge on any atom is -0.505 e. The molecule has 0 saturated heterocycles. The quantitative estimate of drug-likeness (QED) is 0.354. The lowest BCUT2D eigenvalue weighted by Crippen LogP contribution is -2.28. The minimum atomic E-state index is -0.612. The number of hydrogen-bond donors (Lipinski definition) is 4. The van der Waals surface area contributed by atoms with Crippen molar-refractivity contribution in [3.8, 4) is 11.5 Å². The molecule has 0 aliphatic carbocycles. The molecule has 0 bridgehead atoms. The number of ether oxygens (including phenoxy) is 1. The van der Waals surface area contributed by atoms with Crippen LogP contribution in [0.25, 0.3) is 0 Å². The molecule has 8 heteroatoms. The number of pyridine rings is 1. The number of carbonyl (C=O) groups is 2. The van der Waals surface area contributed by atoms with Gasteiger partial charge in [0.15, 0.2) is 5.69 Å². The van der Waals surface area contributed by atoms with Gasteiger partial charge in [-0.2, -0.15) is 0 Å². The molecular weight excluding hydrogens is 302 g/mol. The molecule has 8 nitrogen and oxygen atoms in total. The molecule has 0 aliphatic heterocycles. The molecule has 2 aromatic rings. The second kappa shape index (κ2) is 7.76. The van der Waals surface area contributed by atoms with Gasteiger partial charge >= 0.3 is 0 Å². The summed E-state index contributed by atoms with van der Waals surface area (Å²) in [6, 6.07) is 9.02. The van der Waals surface area contributed by atoms with E-state index in [9.17, 15) is 14.7 Å². The maximum absolute atomic E-state index is 11.8. The van der Waals surface area contributed by atoms with Crippen molar-refractivity contribution in [2.45, 2.75) is 0 Å². The third-order valence-electron chi connectivity index (χ3n) is 2.88. The monoisotopic (exact) mass is 317 g/mol. The number of carbonyl (C=O) groups excluding carboxylic acids is 2. The molecular formula is C15H15N3O5. The Kier molecular flexibility index (Phi) is 5.48. The van der Waals surface area contributed by atoms with Crippen LogP contribution in [0.3, 0.4) is 0 Å². The van der Waals surface area contributed by atoms with Crippen LogP contribution in [0.2, 0.25) is 0 Å². The molecule has 120 valence electrons. The van der Waals surface area contributed by atoms with Crippen molar-refractivity contribution < 1.29 is 24.6 Å². The predicted octanol–water partition coefficient (Wildman–Crippen LogP) is 0.715. The van der Waals surface area contributed by atoms with Gasteiger partial charge in [-0.15, -0.1) is 0 Å². The number of aromatic hydroxyl groups is 1. The van der Waals surface area contributed by atoms with Gasteiger partial charge < -0.3 is 15.2 Å². The second-order valence-corrected chi connectivity index (χ2v) is 4.44. The summed E-state index contributed by atoms with van der Waals surface area (Å²) in [6.07, 6.45) is 1.41. The summed E-state index contributed by atoms with van der Waals surface area (Å²) in [5.41, 5.74) is 1.77. The van der Waals surface area contributed by atoms with Crippen LogP contribution < -0.4 is 15.5 Å². The van der Waals surface area contributed by atoms with Gasteiger partial charge in [0.05, 0.1) is 6.54 Å². The Bertz CT molecular complexity index is 688. The Labute approximate surface area is 131 Å². The number of nitrogens with zero attached hydrogens (tertiary/aromatic N) is 1. The number of nitrogens with one attached hydrogen (secondary N) is 2. The van der Waals surface area contributed by atoms with Crippen LogP contribution in [-0.2, 0) is 0 Å². The van der Waals surface area contributed by atoms with Crippen LogP contribution in [0, 0.1) is 0 Å². The summed E-state index contributed by atoms with van der Waals surface area (Å²) in [4.78, 5) is 26.7. The normalized spacial score (nSPS) is 9.96. The van der Waals surface area contributed by atoms with Gasteiger partial charge in [-0.1, -0.05) is 0 Å². The van der Waals surface area contributed by atoms with Gasteiger partial charge in [0.25, 0.3) is 11.8 Å². The van der Waals surface area contributed by atoms with Crippen molar-refractivity contribution in [2.24, 2.45) is 0 Å². The minimum absolute atomic E-state index is 0.0492. The van der Waals surface area contributed by atoms with Crippen LogP contribution in [-0.4, -0.2) is 40.3 Å². The Morgan fingerprint density at radius 2 is 1.87 bits per heavy atom. The van der Waals surface area contributed by atoms with E-state index in [2.05, 4.69) is 10.3 Å². The molecule has 4 N–H and O–H groups in total. The smallest absolute Gasteiger partial charge is 0.274 e. The third kappa shape index (κ3) is 4.42. The number of aromatic nitrogens is 1. The number of rotatable bonds is 6. The Morgan fingerprint density at radius 1 is 1.13 bits per heavy atom. The molecule has 0 atom stereocenters. The molecule has 0 spiro atoms. The van der Waals surface area contributed by atoms with Gasteiger partial charge in [0.2, 0.25) is 0 Å². The topological polar surface area (TPSA) is 121 Å². The van der Waals surface area contributed by atoms with Crippen molar-refractivity contribution in [3.05, 3.63) is 53.9 Å². The van der Waals surface area contributed by atoms with Crippen LogP contribution >= 0.6 is 0 Å². The molecule has 2 amide bonds. The molecule has 1 aromatic carbocycles. The van der Waals surface area contributed by atoms with Crippen molar-refractivity contribution in [3.63, 3.8) is 0 Å². The Hall–Kier alpha value is -3.13. The number of amides is 2. The lowest BCUT2D eigenvalue weighted by atomic mass is 10.2. The maximum Gasteiger partial charge on any atom is 0.274 e. The van der Waals surface area contributed by atoms with Gasteiger partial charge in [0, 0.05) is 11.8 Å². The zero-order valence-corrected chi connectivity index (χ0v) is 12.0. The maximum atomic E-state index is 11.8. The molecule has 0 saturated carbocycles. The fourth-order valence-corrected chi connectivity index (χ4v) is 1.76. The van der Waals surface area contributed by atoms with Crippen LogP contribution in [0.1, 0.15) is 20.8 Å². The average Bonchev–Trinajstić information content (AvgIpc) is 2.58. The summed E-state index contributed by atoms with van der Waals surface area (Å²) in [5.74, 6) is -0.793. The van der Waals surface area contributed by atoms with Gasteiger partial charge in [0.1, 0.15) is 18.1 Å². The van der Waals surface area contributed by atoms with Gasteiger partial charge in [-0.05, 0) is 36.4 Å². The standard InChI is InChI=1S/C15H15N3O5/c19-12-2-1-7-16-13(12)15(21)17-8-9-23-11-5-3-10(4-6-11)14(20)18-22/h1-7,19,22H,8-9H2,(H,17,21)(H,18,20). The van der Waals surface area contributed by atoms with E-state index in [1.54, 1.807) is 12.1 Å². The fourth-order valence-electron chi connectivity index (χ4n) is 1.76. The van der Waals surface area contributed by atoms with E-state index in [0.29, 0.717) is 11.3 Å². The molecule has 0 radical (unpaired) electrons. The molecule has 0 aliphatic rings. The van der Waals surface area contributed by atoms with Crippen molar-refractivity contribution in [1.29, 1.82) is 0 Å². The lowest BCUT2D eigenvalue weighted by molar-refractivity contribution is 0.0706. The SMILES string of the molecule is O=C(NO)c1ccc(OCCNC(=O)c2ncccc2O)cc1. The van der Waals surface area contributed by atoms with E-state index in [4.69, 9.17) is 9.94 Å². The van der Waals surface area contributed by atoms with Crippen LogP contribution in [0.4, 0.5) is 0 Å². The van der Waals surface area contributed by atoms with Crippen molar-refractivity contribution in [1.82, 2.24) is 15.8 Å². The average molecular weight is 317 g/mol. The zero-order valence-electron chi connectivity index (χ0n) is 12.0. The Balaban J connectivity index is 1.78. The van der Waals surface area contributed by atoms with E-state index >= 15 is 0 Å². The first-order valence-electron chi connectivity index (χ1n) is 6.71. The van der Waals surface area contributed by atoms with E-state index in [0.717, 1.165) is 0 Å². The first-order valence-corrected chi connectivity index (χ1v) is 6.71. The molecule has 0 unspecified atom stereocenters. The predicted molar refractivity (Wildman–Crippen MR) is 79.4 cm³/mol. The highest BCUT2D eigenvalue weighted by molar-refractivity contribution is 5.94. The molecule has 1 heterocycles. The number of hydroxylamine groups is 1. The summed E-state index contributed by atoms with van der Waals surface area (Å²) >= 11 is 0. The summed E-state index contributed by atoms with van der Waals surface area (Å²) in [5, 5.41) is 20.6. The third-order valence-corrected chi connectivity index (χ3v) is 2.88. The van der Waals surface area contributed by atoms with E-state index in [-0.39, 0.29) is 24.6 Å².